The zero-order chi connectivity index (χ0) is 12.0. The Bertz CT molecular complexity index is 462. The molecule has 1 atom stereocenters. The van der Waals surface area contributed by atoms with Crippen LogP contribution in [0.2, 0.25) is 0 Å². The highest BCUT2D eigenvalue weighted by molar-refractivity contribution is 7.96. The molecule has 16 heavy (non-hydrogen) atoms. The first-order valence-electron chi connectivity index (χ1n) is 5.56. The number of allylic oxidation sites excluding steroid dienone is 1. The molecule has 0 aliphatic heterocycles. The van der Waals surface area contributed by atoms with E-state index in [9.17, 15) is 4.21 Å². The largest absolute Gasteiger partial charge is 0.240 e. The van der Waals surface area contributed by atoms with Crippen LogP contribution in [0.1, 0.15) is 26.7 Å². The molecule has 3 heteroatoms. The number of rotatable bonds is 4. The van der Waals surface area contributed by atoms with Crippen LogP contribution in [0.4, 0.5) is 0 Å². The van der Waals surface area contributed by atoms with Gasteiger partial charge in [0.05, 0.1) is 14.6 Å². The smallest absolute Gasteiger partial charge is 0.0966 e. The molecule has 0 bridgehead atoms. The van der Waals surface area contributed by atoms with Crippen molar-refractivity contribution in [2.24, 2.45) is 4.36 Å². The Morgan fingerprint density at radius 1 is 1.25 bits per heavy atom. The highest BCUT2D eigenvalue weighted by Gasteiger charge is 2.08. The number of hydrogen-bond acceptors (Lipinski definition) is 2. The maximum atomic E-state index is 12.6. The summed E-state index contributed by atoms with van der Waals surface area (Å²) in [6, 6.07) is 9.45. The van der Waals surface area contributed by atoms with E-state index in [1.165, 1.54) is 5.57 Å². The Morgan fingerprint density at radius 3 is 2.25 bits per heavy atom. The summed E-state index contributed by atoms with van der Waals surface area (Å²) in [6.45, 7) is 4.16. The fraction of sp³-hybridized carbons (Fsp3) is 0.385. The molecular formula is C13H19NOS. The predicted molar refractivity (Wildman–Crippen MR) is 69.9 cm³/mol. The second-order valence-corrected chi connectivity index (χ2v) is 5.76. The Morgan fingerprint density at radius 2 is 1.81 bits per heavy atom. The maximum Gasteiger partial charge on any atom is 0.0966 e. The van der Waals surface area contributed by atoms with Crippen molar-refractivity contribution < 1.29 is 4.21 Å². The number of nitrogens with zero attached hydrogens (tertiary/aromatic N) is 1. The molecule has 0 spiro atoms. The lowest BCUT2D eigenvalue weighted by atomic mass is 10.2. The van der Waals surface area contributed by atoms with E-state index in [4.69, 9.17) is 0 Å². The Labute approximate surface area is 98.6 Å². The molecule has 0 amide bonds. The van der Waals surface area contributed by atoms with Crippen LogP contribution in [0.5, 0.6) is 0 Å². The average molecular weight is 237 g/mol. The van der Waals surface area contributed by atoms with Crippen LogP contribution < -0.4 is 0 Å². The van der Waals surface area contributed by atoms with Crippen molar-refractivity contribution in [1.82, 2.24) is 0 Å². The molecular weight excluding hydrogens is 218 g/mol. The van der Waals surface area contributed by atoms with E-state index in [0.717, 1.165) is 17.7 Å². The van der Waals surface area contributed by atoms with Crippen LogP contribution in [-0.2, 0) is 9.73 Å². The van der Waals surface area contributed by atoms with Gasteiger partial charge in [-0.2, -0.15) is 0 Å². The average Bonchev–Trinajstić information content (AvgIpc) is 2.36. The molecule has 0 heterocycles. The SMILES string of the molecule is CCC(=C[S@@](=O)(=NC)c1ccccc1)CC. The van der Waals surface area contributed by atoms with Crippen LogP contribution in [0.25, 0.3) is 0 Å². The van der Waals surface area contributed by atoms with Crippen molar-refractivity contribution in [2.45, 2.75) is 31.6 Å². The third-order valence-corrected chi connectivity index (χ3v) is 4.73. The molecule has 0 radical (unpaired) electrons. The van der Waals surface area contributed by atoms with Gasteiger partial charge in [0.2, 0.25) is 0 Å². The molecule has 0 aliphatic carbocycles. The van der Waals surface area contributed by atoms with Gasteiger partial charge in [-0.3, -0.25) is 0 Å². The van der Waals surface area contributed by atoms with Gasteiger partial charge in [0, 0.05) is 12.5 Å². The Hall–Kier alpha value is -1.09. The molecule has 88 valence electrons. The van der Waals surface area contributed by atoms with E-state index in [0.29, 0.717) is 0 Å². The molecule has 0 fully saturated rings. The van der Waals surface area contributed by atoms with Crippen LogP contribution in [0, 0.1) is 0 Å². The molecule has 1 aromatic rings. The predicted octanol–water partition coefficient (Wildman–Crippen LogP) is 3.85. The number of hydrogen-bond donors (Lipinski definition) is 0. The van der Waals surface area contributed by atoms with E-state index < -0.39 is 9.73 Å². The van der Waals surface area contributed by atoms with Gasteiger partial charge in [0.15, 0.2) is 0 Å². The minimum atomic E-state index is -2.37. The molecule has 1 aromatic carbocycles. The summed E-state index contributed by atoms with van der Waals surface area (Å²) in [6.07, 6.45) is 1.85. The fourth-order valence-corrected chi connectivity index (χ4v) is 3.27. The summed E-state index contributed by atoms with van der Waals surface area (Å²) in [5, 5.41) is 1.84. The molecule has 0 saturated carbocycles. The summed E-state index contributed by atoms with van der Waals surface area (Å²) < 4.78 is 16.7. The second kappa shape index (κ2) is 5.85. The van der Waals surface area contributed by atoms with Crippen molar-refractivity contribution in [2.75, 3.05) is 7.05 Å². The second-order valence-electron chi connectivity index (χ2n) is 3.55. The van der Waals surface area contributed by atoms with E-state index >= 15 is 0 Å². The molecule has 0 aliphatic rings. The van der Waals surface area contributed by atoms with Crippen molar-refractivity contribution >= 4 is 9.73 Å². The molecule has 2 nitrogen and oxygen atoms in total. The van der Waals surface area contributed by atoms with Gasteiger partial charge < -0.3 is 0 Å². The van der Waals surface area contributed by atoms with Crippen LogP contribution in [0.15, 0.2) is 50.6 Å². The summed E-state index contributed by atoms with van der Waals surface area (Å²) in [4.78, 5) is 0.789. The lowest BCUT2D eigenvalue weighted by Crippen LogP contribution is -1.97. The Kier molecular flexibility index (Phi) is 4.74. The first kappa shape index (κ1) is 13.0. The lowest BCUT2D eigenvalue weighted by Gasteiger charge is -2.07. The first-order chi connectivity index (χ1) is 7.66. The minimum absolute atomic E-state index is 0.789. The Balaban J connectivity index is 3.26. The van der Waals surface area contributed by atoms with Crippen molar-refractivity contribution in [3.05, 3.63) is 41.3 Å². The van der Waals surface area contributed by atoms with E-state index in [-0.39, 0.29) is 0 Å². The quantitative estimate of drug-likeness (QED) is 0.782. The normalized spacial score (nSPS) is 13.9. The van der Waals surface area contributed by atoms with Crippen molar-refractivity contribution in [1.29, 1.82) is 0 Å². The lowest BCUT2D eigenvalue weighted by molar-refractivity contribution is 0.681. The molecule has 0 aromatic heterocycles. The minimum Gasteiger partial charge on any atom is -0.240 e. The fourth-order valence-electron chi connectivity index (χ4n) is 1.48. The van der Waals surface area contributed by atoms with Crippen LogP contribution >= 0.6 is 0 Å². The summed E-state index contributed by atoms with van der Waals surface area (Å²) in [7, 11) is -0.746. The summed E-state index contributed by atoms with van der Waals surface area (Å²) >= 11 is 0. The van der Waals surface area contributed by atoms with Crippen molar-refractivity contribution in [3.8, 4) is 0 Å². The highest BCUT2D eigenvalue weighted by Crippen LogP contribution is 2.18. The first-order valence-corrected chi connectivity index (χ1v) is 7.14. The van der Waals surface area contributed by atoms with Gasteiger partial charge in [-0.1, -0.05) is 37.6 Å². The van der Waals surface area contributed by atoms with Gasteiger partial charge in [-0.05, 0) is 25.0 Å². The van der Waals surface area contributed by atoms with E-state index in [1.54, 1.807) is 7.05 Å². The van der Waals surface area contributed by atoms with Gasteiger partial charge in [-0.15, -0.1) is 0 Å². The van der Waals surface area contributed by atoms with Gasteiger partial charge in [0.25, 0.3) is 0 Å². The van der Waals surface area contributed by atoms with Crippen LogP contribution in [0.3, 0.4) is 0 Å². The maximum absolute atomic E-state index is 12.6. The van der Waals surface area contributed by atoms with Gasteiger partial charge >= 0.3 is 0 Å². The zero-order valence-corrected chi connectivity index (χ0v) is 11.0. The molecule has 0 N–H and O–H groups in total. The van der Waals surface area contributed by atoms with Crippen molar-refractivity contribution in [3.63, 3.8) is 0 Å². The third-order valence-electron chi connectivity index (χ3n) is 2.59. The third kappa shape index (κ3) is 2.95. The monoisotopic (exact) mass is 237 g/mol. The standard InChI is InChI=1S/C13H19NOS/c1-4-12(5-2)11-16(15,14-3)13-9-7-6-8-10-13/h6-11H,4-5H2,1-3H3/t16-/m0/s1. The molecule has 0 saturated heterocycles. The zero-order valence-electron chi connectivity index (χ0n) is 10.1. The van der Waals surface area contributed by atoms with E-state index in [1.807, 2.05) is 35.7 Å². The van der Waals surface area contributed by atoms with Crippen LogP contribution in [-0.4, -0.2) is 11.3 Å². The summed E-state index contributed by atoms with van der Waals surface area (Å²) in [5.74, 6) is 0. The van der Waals surface area contributed by atoms with Gasteiger partial charge in [-0.25, -0.2) is 8.57 Å². The number of benzene rings is 1. The van der Waals surface area contributed by atoms with Gasteiger partial charge in [0.1, 0.15) is 0 Å². The molecule has 0 unspecified atom stereocenters. The molecule has 1 rings (SSSR count). The van der Waals surface area contributed by atoms with E-state index in [2.05, 4.69) is 18.2 Å². The highest BCUT2D eigenvalue weighted by atomic mass is 32.2. The summed E-state index contributed by atoms with van der Waals surface area (Å²) in [5.41, 5.74) is 1.19. The topological polar surface area (TPSA) is 29.4 Å².